The van der Waals surface area contributed by atoms with Crippen LogP contribution in [0.4, 0.5) is 0 Å². The summed E-state index contributed by atoms with van der Waals surface area (Å²) in [6.07, 6.45) is 0. The minimum atomic E-state index is -0.129. The van der Waals surface area contributed by atoms with E-state index in [4.69, 9.17) is 16.3 Å². The lowest BCUT2D eigenvalue weighted by molar-refractivity contribution is 0.0774. The van der Waals surface area contributed by atoms with E-state index in [2.05, 4.69) is 4.98 Å². The molecule has 1 aromatic heterocycles. The molecular weight excluding hydrogens is 378 g/mol. The summed E-state index contributed by atoms with van der Waals surface area (Å²) < 4.78 is 7.31. The molecule has 28 heavy (non-hydrogen) atoms. The summed E-state index contributed by atoms with van der Waals surface area (Å²) in [5.41, 5.74) is 2.20. The standard InChI is InChI=1S/C21H22ClN3O3/c1-4-25-19-10-5-15(13-18(19)23-14(2)20(25)26)21(27)24(3)11-12-28-17-8-6-16(22)7-9-17/h5-10,13H,4,11-12H2,1-3H3. The fraction of sp³-hybridized carbons (Fsp3) is 0.286. The molecular formula is C21H22ClN3O3. The molecule has 0 aliphatic carbocycles. The van der Waals surface area contributed by atoms with Gasteiger partial charge in [0.25, 0.3) is 11.5 Å². The number of aromatic nitrogens is 2. The summed E-state index contributed by atoms with van der Waals surface area (Å²) in [6, 6.07) is 12.3. The Balaban J connectivity index is 1.72. The number of benzene rings is 2. The van der Waals surface area contributed by atoms with Crippen molar-refractivity contribution < 1.29 is 9.53 Å². The molecule has 0 atom stereocenters. The lowest BCUT2D eigenvalue weighted by Gasteiger charge is -2.18. The Morgan fingerprint density at radius 1 is 1.21 bits per heavy atom. The third kappa shape index (κ3) is 4.17. The van der Waals surface area contributed by atoms with Crippen molar-refractivity contribution in [3.05, 3.63) is 69.1 Å². The quantitative estimate of drug-likeness (QED) is 0.636. The molecule has 3 aromatic rings. The monoisotopic (exact) mass is 399 g/mol. The number of hydrogen-bond donors (Lipinski definition) is 0. The normalized spacial score (nSPS) is 10.9. The van der Waals surface area contributed by atoms with Crippen LogP contribution in [0.3, 0.4) is 0 Å². The second kappa shape index (κ2) is 8.44. The third-order valence-electron chi connectivity index (χ3n) is 4.53. The van der Waals surface area contributed by atoms with Crippen LogP contribution >= 0.6 is 11.6 Å². The number of likely N-dealkylation sites (N-methyl/N-ethyl adjacent to an activating group) is 1. The second-order valence-corrected chi connectivity index (χ2v) is 6.92. The van der Waals surface area contributed by atoms with Crippen LogP contribution < -0.4 is 10.3 Å². The van der Waals surface area contributed by atoms with Crippen LogP contribution in [0, 0.1) is 6.92 Å². The zero-order valence-electron chi connectivity index (χ0n) is 16.1. The Hall–Kier alpha value is -2.86. The maximum atomic E-state index is 12.7. The maximum absolute atomic E-state index is 12.7. The molecule has 1 heterocycles. The SMILES string of the molecule is CCn1c(=O)c(C)nc2cc(C(=O)N(C)CCOc3ccc(Cl)cc3)ccc21. The predicted octanol–water partition coefficient (Wildman–Crippen LogP) is 3.53. The van der Waals surface area contributed by atoms with Crippen molar-refractivity contribution in [1.82, 2.24) is 14.5 Å². The van der Waals surface area contributed by atoms with Crippen molar-refractivity contribution in [2.45, 2.75) is 20.4 Å². The first kappa shape index (κ1) is 19.9. The summed E-state index contributed by atoms with van der Waals surface area (Å²) in [4.78, 5) is 30.9. The largest absolute Gasteiger partial charge is 0.492 e. The van der Waals surface area contributed by atoms with Crippen LogP contribution in [0.15, 0.2) is 47.3 Å². The molecule has 7 heteroatoms. The highest BCUT2D eigenvalue weighted by Gasteiger charge is 2.14. The number of carbonyl (C=O) groups is 1. The fourth-order valence-electron chi connectivity index (χ4n) is 2.97. The molecule has 0 bridgehead atoms. The van der Waals surface area contributed by atoms with E-state index < -0.39 is 0 Å². The molecule has 0 unspecified atom stereocenters. The van der Waals surface area contributed by atoms with Gasteiger partial charge in [-0.05, 0) is 56.3 Å². The number of rotatable bonds is 6. The summed E-state index contributed by atoms with van der Waals surface area (Å²) >= 11 is 5.85. The number of carbonyl (C=O) groups excluding carboxylic acids is 1. The molecule has 0 N–H and O–H groups in total. The van der Waals surface area contributed by atoms with Gasteiger partial charge in [0, 0.05) is 24.2 Å². The van der Waals surface area contributed by atoms with Crippen molar-refractivity contribution >= 4 is 28.5 Å². The minimum absolute atomic E-state index is 0.106. The van der Waals surface area contributed by atoms with E-state index in [-0.39, 0.29) is 11.5 Å². The predicted molar refractivity (Wildman–Crippen MR) is 110 cm³/mol. The van der Waals surface area contributed by atoms with Gasteiger partial charge in [-0.15, -0.1) is 0 Å². The highest BCUT2D eigenvalue weighted by Crippen LogP contribution is 2.16. The summed E-state index contributed by atoms with van der Waals surface area (Å²) in [7, 11) is 1.73. The number of fused-ring (bicyclic) bond motifs is 1. The average molecular weight is 400 g/mol. The highest BCUT2D eigenvalue weighted by atomic mass is 35.5. The Labute approximate surface area is 168 Å². The van der Waals surface area contributed by atoms with E-state index in [1.54, 1.807) is 65.9 Å². The van der Waals surface area contributed by atoms with Gasteiger partial charge in [0.2, 0.25) is 0 Å². The number of ether oxygens (including phenoxy) is 1. The molecule has 0 radical (unpaired) electrons. The molecule has 6 nitrogen and oxygen atoms in total. The van der Waals surface area contributed by atoms with Gasteiger partial charge < -0.3 is 14.2 Å². The zero-order chi connectivity index (χ0) is 20.3. The van der Waals surface area contributed by atoms with Gasteiger partial charge in [-0.2, -0.15) is 0 Å². The molecule has 146 valence electrons. The van der Waals surface area contributed by atoms with Crippen molar-refractivity contribution in [2.24, 2.45) is 0 Å². The first-order chi connectivity index (χ1) is 13.4. The van der Waals surface area contributed by atoms with Crippen molar-refractivity contribution in [1.29, 1.82) is 0 Å². The fourth-order valence-corrected chi connectivity index (χ4v) is 3.10. The van der Waals surface area contributed by atoms with Crippen LogP contribution in [0.2, 0.25) is 5.02 Å². The number of halogens is 1. The molecule has 0 saturated carbocycles. The van der Waals surface area contributed by atoms with E-state index in [9.17, 15) is 9.59 Å². The van der Waals surface area contributed by atoms with Crippen molar-refractivity contribution in [3.8, 4) is 5.75 Å². The van der Waals surface area contributed by atoms with Gasteiger partial charge in [0.15, 0.2) is 0 Å². The van der Waals surface area contributed by atoms with Gasteiger partial charge >= 0.3 is 0 Å². The Morgan fingerprint density at radius 3 is 2.61 bits per heavy atom. The average Bonchev–Trinajstić information content (AvgIpc) is 2.69. The molecule has 2 aromatic carbocycles. The maximum Gasteiger partial charge on any atom is 0.272 e. The first-order valence-corrected chi connectivity index (χ1v) is 9.43. The Morgan fingerprint density at radius 2 is 1.93 bits per heavy atom. The van der Waals surface area contributed by atoms with Gasteiger partial charge in [-0.1, -0.05) is 11.6 Å². The van der Waals surface area contributed by atoms with E-state index >= 15 is 0 Å². The summed E-state index contributed by atoms with van der Waals surface area (Å²) in [6.45, 7) is 4.94. The van der Waals surface area contributed by atoms with Gasteiger partial charge in [-0.3, -0.25) is 9.59 Å². The van der Waals surface area contributed by atoms with Crippen LogP contribution in [-0.4, -0.2) is 40.6 Å². The van der Waals surface area contributed by atoms with E-state index in [0.717, 1.165) is 5.52 Å². The third-order valence-corrected chi connectivity index (χ3v) is 4.78. The number of aryl methyl sites for hydroxylation is 2. The number of nitrogens with zero attached hydrogens (tertiary/aromatic N) is 3. The lowest BCUT2D eigenvalue weighted by Crippen LogP contribution is -2.31. The highest BCUT2D eigenvalue weighted by molar-refractivity contribution is 6.30. The molecule has 0 spiro atoms. The number of hydrogen-bond acceptors (Lipinski definition) is 4. The molecule has 0 aliphatic heterocycles. The summed E-state index contributed by atoms with van der Waals surface area (Å²) in [5, 5.41) is 0.647. The molecule has 0 aliphatic rings. The minimum Gasteiger partial charge on any atom is -0.492 e. The topological polar surface area (TPSA) is 64.4 Å². The van der Waals surface area contributed by atoms with Crippen LogP contribution in [0.1, 0.15) is 23.0 Å². The Bertz CT molecular complexity index is 1060. The van der Waals surface area contributed by atoms with Crippen molar-refractivity contribution in [2.75, 3.05) is 20.2 Å². The zero-order valence-corrected chi connectivity index (χ0v) is 16.9. The smallest absolute Gasteiger partial charge is 0.272 e. The number of amides is 1. The molecule has 1 amide bonds. The molecule has 3 rings (SSSR count). The lowest BCUT2D eigenvalue weighted by atomic mass is 10.1. The molecule has 0 fully saturated rings. The first-order valence-electron chi connectivity index (χ1n) is 9.05. The van der Waals surface area contributed by atoms with Crippen molar-refractivity contribution in [3.63, 3.8) is 0 Å². The summed E-state index contributed by atoms with van der Waals surface area (Å²) in [5.74, 6) is 0.573. The van der Waals surface area contributed by atoms with Gasteiger partial charge in [0.1, 0.15) is 18.1 Å². The molecule has 0 saturated heterocycles. The van der Waals surface area contributed by atoms with E-state index in [0.29, 0.717) is 47.2 Å². The van der Waals surface area contributed by atoms with Gasteiger partial charge in [0.05, 0.1) is 17.6 Å². The second-order valence-electron chi connectivity index (χ2n) is 6.48. The van der Waals surface area contributed by atoms with Crippen LogP contribution in [0.25, 0.3) is 11.0 Å². The van der Waals surface area contributed by atoms with Crippen LogP contribution in [0.5, 0.6) is 5.75 Å². The van der Waals surface area contributed by atoms with Crippen LogP contribution in [-0.2, 0) is 6.54 Å². The van der Waals surface area contributed by atoms with E-state index in [1.165, 1.54) is 0 Å². The van der Waals surface area contributed by atoms with E-state index in [1.807, 2.05) is 6.92 Å². The Kier molecular flexibility index (Phi) is 5.99. The van der Waals surface area contributed by atoms with Gasteiger partial charge in [-0.25, -0.2) is 4.98 Å².